The van der Waals surface area contributed by atoms with E-state index in [2.05, 4.69) is 39.2 Å². The molecular formula is C17H25N5O. The maximum Gasteiger partial charge on any atom is 0.0710 e. The van der Waals surface area contributed by atoms with Gasteiger partial charge in [0.25, 0.3) is 0 Å². The maximum absolute atomic E-state index is 5.44. The lowest BCUT2D eigenvalue weighted by atomic mass is 10.0. The summed E-state index contributed by atoms with van der Waals surface area (Å²) in [6.45, 7) is 9.93. The topological polar surface area (TPSA) is 66.1 Å². The highest BCUT2D eigenvalue weighted by Crippen LogP contribution is 2.20. The van der Waals surface area contributed by atoms with Gasteiger partial charge < -0.3 is 10.1 Å². The third-order valence-electron chi connectivity index (χ3n) is 4.41. The Hall–Kier alpha value is -1.76. The molecule has 2 aromatic rings. The summed E-state index contributed by atoms with van der Waals surface area (Å²) in [6, 6.07) is 3.98. The fourth-order valence-electron chi connectivity index (χ4n) is 2.99. The van der Waals surface area contributed by atoms with Crippen LogP contribution in [0.25, 0.3) is 11.3 Å². The van der Waals surface area contributed by atoms with E-state index >= 15 is 0 Å². The number of aromatic amines is 1. The highest BCUT2D eigenvalue weighted by atomic mass is 16.5. The van der Waals surface area contributed by atoms with E-state index in [1.54, 1.807) is 6.20 Å². The second-order valence-electron chi connectivity index (χ2n) is 6.53. The van der Waals surface area contributed by atoms with Crippen LogP contribution in [-0.2, 0) is 11.3 Å². The van der Waals surface area contributed by atoms with Crippen molar-refractivity contribution in [2.75, 3.05) is 32.8 Å². The first-order valence-electron chi connectivity index (χ1n) is 8.13. The van der Waals surface area contributed by atoms with Gasteiger partial charge in [-0.3, -0.25) is 15.0 Å². The third-order valence-corrected chi connectivity index (χ3v) is 4.41. The van der Waals surface area contributed by atoms with Gasteiger partial charge in [0.1, 0.15) is 0 Å². The van der Waals surface area contributed by atoms with Gasteiger partial charge in [0.2, 0.25) is 0 Å². The number of nitrogens with zero attached hydrogens (tertiary/aromatic N) is 3. The molecule has 0 aromatic carbocycles. The number of morpholine rings is 1. The highest BCUT2D eigenvalue weighted by molar-refractivity contribution is 5.61. The number of aromatic nitrogens is 3. The summed E-state index contributed by atoms with van der Waals surface area (Å²) in [6.07, 6.45) is 5.52. The number of hydrogen-bond acceptors (Lipinski definition) is 5. The molecule has 2 N–H and O–H groups in total. The number of H-pyrrole nitrogens is 1. The normalized spacial score (nSPS) is 16.6. The minimum Gasteiger partial charge on any atom is -0.379 e. The average molecular weight is 315 g/mol. The van der Waals surface area contributed by atoms with Crippen LogP contribution in [-0.4, -0.2) is 58.5 Å². The van der Waals surface area contributed by atoms with E-state index < -0.39 is 0 Å². The number of hydrogen-bond donors (Lipinski definition) is 2. The van der Waals surface area contributed by atoms with Gasteiger partial charge in [0, 0.05) is 55.2 Å². The van der Waals surface area contributed by atoms with Crippen molar-refractivity contribution < 1.29 is 4.74 Å². The van der Waals surface area contributed by atoms with Crippen LogP contribution in [0.1, 0.15) is 19.4 Å². The van der Waals surface area contributed by atoms with Crippen LogP contribution in [0.5, 0.6) is 0 Å². The van der Waals surface area contributed by atoms with Crippen molar-refractivity contribution in [2.45, 2.75) is 25.9 Å². The molecule has 0 saturated carbocycles. The van der Waals surface area contributed by atoms with E-state index in [9.17, 15) is 0 Å². The summed E-state index contributed by atoms with van der Waals surface area (Å²) in [5.74, 6) is 0. The van der Waals surface area contributed by atoms with Crippen molar-refractivity contribution in [2.24, 2.45) is 0 Å². The van der Waals surface area contributed by atoms with Crippen LogP contribution in [0.4, 0.5) is 0 Å². The fourth-order valence-corrected chi connectivity index (χ4v) is 2.99. The Kier molecular flexibility index (Phi) is 5.05. The molecule has 2 aromatic heterocycles. The molecule has 3 heterocycles. The predicted molar refractivity (Wildman–Crippen MR) is 90.0 cm³/mol. The van der Waals surface area contributed by atoms with Crippen LogP contribution in [0.3, 0.4) is 0 Å². The van der Waals surface area contributed by atoms with Crippen LogP contribution in [0.15, 0.2) is 30.7 Å². The molecule has 0 radical (unpaired) electrons. The van der Waals surface area contributed by atoms with Crippen molar-refractivity contribution in [1.29, 1.82) is 0 Å². The summed E-state index contributed by atoms with van der Waals surface area (Å²) < 4.78 is 5.44. The molecule has 0 aliphatic carbocycles. The summed E-state index contributed by atoms with van der Waals surface area (Å²) in [4.78, 5) is 6.66. The zero-order chi connectivity index (χ0) is 16.1. The van der Waals surface area contributed by atoms with Crippen molar-refractivity contribution in [3.63, 3.8) is 0 Å². The van der Waals surface area contributed by atoms with E-state index in [1.165, 1.54) is 0 Å². The molecule has 0 spiro atoms. The quantitative estimate of drug-likeness (QED) is 0.849. The molecule has 0 amide bonds. The molecule has 0 atom stereocenters. The third kappa shape index (κ3) is 3.96. The summed E-state index contributed by atoms with van der Waals surface area (Å²) >= 11 is 0. The van der Waals surface area contributed by atoms with Gasteiger partial charge in [-0.05, 0) is 26.0 Å². The van der Waals surface area contributed by atoms with Gasteiger partial charge in [-0.1, -0.05) is 0 Å². The molecule has 124 valence electrons. The van der Waals surface area contributed by atoms with Gasteiger partial charge in [-0.25, -0.2) is 0 Å². The molecule has 0 unspecified atom stereocenters. The molecule has 3 rings (SSSR count). The summed E-state index contributed by atoms with van der Waals surface area (Å²) in [7, 11) is 0. The Morgan fingerprint density at radius 3 is 2.87 bits per heavy atom. The van der Waals surface area contributed by atoms with E-state index in [1.807, 2.05) is 24.5 Å². The van der Waals surface area contributed by atoms with Gasteiger partial charge in [0.05, 0.1) is 25.1 Å². The molecular weight excluding hydrogens is 290 g/mol. The molecule has 1 saturated heterocycles. The van der Waals surface area contributed by atoms with E-state index in [0.29, 0.717) is 0 Å². The molecule has 1 aliphatic heterocycles. The van der Waals surface area contributed by atoms with E-state index in [4.69, 9.17) is 4.74 Å². The first kappa shape index (κ1) is 16.1. The van der Waals surface area contributed by atoms with Crippen molar-refractivity contribution in [3.8, 4) is 11.3 Å². The zero-order valence-corrected chi connectivity index (χ0v) is 13.9. The smallest absolute Gasteiger partial charge is 0.0710 e. The predicted octanol–water partition coefficient (Wildman–Crippen LogP) is 1.67. The molecule has 6 nitrogen and oxygen atoms in total. The lowest BCUT2D eigenvalue weighted by Crippen LogP contribution is -2.54. The number of rotatable bonds is 6. The van der Waals surface area contributed by atoms with Gasteiger partial charge in [-0.2, -0.15) is 5.10 Å². The fraction of sp³-hybridized carbons (Fsp3) is 0.529. The average Bonchev–Trinajstić information content (AvgIpc) is 3.05. The van der Waals surface area contributed by atoms with E-state index in [0.717, 1.165) is 56.2 Å². The minimum absolute atomic E-state index is 0.113. The molecule has 0 bridgehead atoms. The number of ether oxygens (including phenoxy) is 1. The largest absolute Gasteiger partial charge is 0.379 e. The molecule has 1 fully saturated rings. The highest BCUT2D eigenvalue weighted by Gasteiger charge is 2.27. The Labute approximate surface area is 137 Å². The van der Waals surface area contributed by atoms with Crippen molar-refractivity contribution in [3.05, 3.63) is 36.3 Å². The second-order valence-corrected chi connectivity index (χ2v) is 6.53. The number of pyridine rings is 1. The van der Waals surface area contributed by atoms with Crippen molar-refractivity contribution in [1.82, 2.24) is 25.4 Å². The second kappa shape index (κ2) is 7.21. The van der Waals surface area contributed by atoms with Gasteiger partial charge in [-0.15, -0.1) is 0 Å². The maximum atomic E-state index is 5.44. The van der Waals surface area contributed by atoms with Crippen LogP contribution in [0.2, 0.25) is 0 Å². The molecule has 23 heavy (non-hydrogen) atoms. The molecule has 6 heteroatoms. The molecule has 1 aliphatic rings. The van der Waals surface area contributed by atoms with Gasteiger partial charge >= 0.3 is 0 Å². The SMILES string of the molecule is CC(C)(CNCc1cn[nH]c1-c1cccnc1)N1CCOCC1. The van der Waals surface area contributed by atoms with Crippen LogP contribution >= 0.6 is 0 Å². The summed E-state index contributed by atoms with van der Waals surface area (Å²) in [5, 5.41) is 10.8. The first-order chi connectivity index (χ1) is 11.2. The van der Waals surface area contributed by atoms with Crippen molar-refractivity contribution >= 4 is 0 Å². The Morgan fingerprint density at radius 2 is 2.13 bits per heavy atom. The lowest BCUT2D eigenvalue weighted by Gasteiger charge is -2.41. The zero-order valence-electron chi connectivity index (χ0n) is 13.9. The van der Waals surface area contributed by atoms with Crippen LogP contribution in [0, 0.1) is 0 Å². The minimum atomic E-state index is 0.113. The van der Waals surface area contributed by atoms with Crippen LogP contribution < -0.4 is 5.32 Å². The lowest BCUT2D eigenvalue weighted by molar-refractivity contribution is -0.00966. The monoisotopic (exact) mass is 315 g/mol. The summed E-state index contributed by atoms with van der Waals surface area (Å²) in [5.41, 5.74) is 3.38. The van der Waals surface area contributed by atoms with E-state index in [-0.39, 0.29) is 5.54 Å². The standard InChI is InChI=1S/C17H25N5O/c1-17(2,22-6-8-23-9-7-22)13-19-11-15-12-20-21-16(15)14-4-3-5-18-10-14/h3-5,10,12,19H,6-9,11,13H2,1-2H3,(H,20,21). The van der Waals surface area contributed by atoms with Gasteiger partial charge in [0.15, 0.2) is 0 Å². The number of nitrogens with one attached hydrogen (secondary N) is 2. The Morgan fingerprint density at radius 1 is 1.30 bits per heavy atom. The Balaban J connectivity index is 1.58. The first-order valence-corrected chi connectivity index (χ1v) is 8.13. The Bertz CT molecular complexity index is 604.